The number of hydrogen-bond donors (Lipinski definition) is 5. The zero-order valence-electron chi connectivity index (χ0n) is 4.02. The number of rotatable bonds is 2. The number of hydrogen-bond acceptors (Lipinski definition) is 5. The van der Waals surface area contributed by atoms with E-state index in [2.05, 4.69) is 50.5 Å². The molecule has 50 valence electrons. The SMILES string of the molecule is OC(S)(S)C(S)CS. The molecule has 0 aromatic heterocycles. The van der Waals surface area contributed by atoms with E-state index in [0.29, 0.717) is 5.75 Å². The molecule has 0 aromatic rings. The van der Waals surface area contributed by atoms with Gasteiger partial charge in [0.05, 0.1) is 5.25 Å². The van der Waals surface area contributed by atoms with Crippen molar-refractivity contribution in [3.8, 4) is 0 Å². The minimum Gasteiger partial charge on any atom is -0.370 e. The van der Waals surface area contributed by atoms with E-state index in [1.54, 1.807) is 0 Å². The molecule has 0 radical (unpaired) electrons. The summed E-state index contributed by atoms with van der Waals surface area (Å²) in [5.41, 5.74) is 0. The maximum Gasteiger partial charge on any atom is 0.164 e. The van der Waals surface area contributed by atoms with Crippen molar-refractivity contribution < 1.29 is 5.11 Å². The summed E-state index contributed by atoms with van der Waals surface area (Å²) in [6.07, 6.45) is 0. The smallest absolute Gasteiger partial charge is 0.164 e. The fourth-order valence-electron chi connectivity index (χ4n) is 0.122. The van der Waals surface area contributed by atoms with Crippen LogP contribution in [0.5, 0.6) is 0 Å². The highest BCUT2D eigenvalue weighted by molar-refractivity contribution is 8.01. The van der Waals surface area contributed by atoms with Crippen LogP contribution in [0.15, 0.2) is 0 Å². The van der Waals surface area contributed by atoms with Crippen LogP contribution >= 0.6 is 50.5 Å². The zero-order valence-corrected chi connectivity index (χ0v) is 7.60. The van der Waals surface area contributed by atoms with Gasteiger partial charge in [0.25, 0.3) is 0 Å². The molecule has 0 aliphatic heterocycles. The lowest BCUT2D eigenvalue weighted by Gasteiger charge is -2.20. The van der Waals surface area contributed by atoms with E-state index in [1.165, 1.54) is 0 Å². The van der Waals surface area contributed by atoms with Crippen molar-refractivity contribution in [1.29, 1.82) is 0 Å². The Bertz CT molecular complexity index is 68.2. The van der Waals surface area contributed by atoms with Gasteiger partial charge in [0.2, 0.25) is 0 Å². The van der Waals surface area contributed by atoms with E-state index in [-0.39, 0.29) is 5.25 Å². The van der Waals surface area contributed by atoms with Crippen LogP contribution in [0, 0.1) is 0 Å². The maximum atomic E-state index is 8.89. The second-order valence-corrected chi connectivity index (χ2v) is 4.09. The summed E-state index contributed by atoms with van der Waals surface area (Å²) >= 11 is 15.3. The normalized spacial score (nSPS) is 16.1. The molecule has 1 atom stereocenters. The van der Waals surface area contributed by atoms with Crippen LogP contribution in [0.25, 0.3) is 0 Å². The van der Waals surface area contributed by atoms with Crippen LogP contribution in [0.3, 0.4) is 0 Å². The maximum absolute atomic E-state index is 8.89. The van der Waals surface area contributed by atoms with Crippen molar-refractivity contribution in [3.63, 3.8) is 0 Å². The fourth-order valence-corrected chi connectivity index (χ4v) is 0.857. The van der Waals surface area contributed by atoms with Gasteiger partial charge in [-0.05, 0) is 0 Å². The van der Waals surface area contributed by atoms with Gasteiger partial charge in [-0.25, -0.2) is 0 Å². The Morgan fingerprint density at radius 3 is 1.88 bits per heavy atom. The zero-order chi connectivity index (χ0) is 6.78. The molecule has 1 nitrogen and oxygen atoms in total. The van der Waals surface area contributed by atoms with Crippen molar-refractivity contribution in [2.24, 2.45) is 0 Å². The molecule has 0 bridgehead atoms. The van der Waals surface area contributed by atoms with Crippen molar-refractivity contribution in [2.75, 3.05) is 5.75 Å². The second kappa shape index (κ2) is 3.51. The molecule has 0 saturated carbocycles. The third-order valence-electron chi connectivity index (χ3n) is 0.620. The summed E-state index contributed by atoms with van der Waals surface area (Å²) < 4.78 is -1.31. The van der Waals surface area contributed by atoms with Crippen molar-refractivity contribution >= 4 is 50.5 Å². The second-order valence-electron chi connectivity index (χ2n) is 1.39. The summed E-state index contributed by atoms with van der Waals surface area (Å²) in [6, 6.07) is 0. The molecule has 8 heavy (non-hydrogen) atoms. The largest absolute Gasteiger partial charge is 0.370 e. The molecule has 1 N–H and O–H groups in total. The molecule has 0 aliphatic carbocycles. The Morgan fingerprint density at radius 2 is 1.88 bits per heavy atom. The average Bonchev–Trinajstić information content (AvgIpc) is 1.62. The Balaban J connectivity index is 3.62. The van der Waals surface area contributed by atoms with Crippen LogP contribution in [-0.2, 0) is 0 Å². The van der Waals surface area contributed by atoms with E-state index in [0.717, 1.165) is 0 Å². The highest BCUT2D eigenvalue weighted by Gasteiger charge is 2.23. The molecule has 0 fully saturated rings. The van der Waals surface area contributed by atoms with E-state index in [4.69, 9.17) is 5.11 Å². The molecule has 0 aromatic carbocycles. The van der Waals surface area contributed by atoms with Crippen LogP contribution in [0.4, 0.5) is 0 Å². The number of thiol groups is 4. The van der Waals surface area contributed by atoms with Gasteiger partial charge in [-0.1, -0.05) is 0 Å². The fraction of sp³-hybridized carbons (Fsp3) is 1.00. The lowest BCUT2D eigenvalue weighted by Crippen LogP contribution is -2.27. The monoisotopic (exact) mass is 188 g/mol. The predicted octanol–water partition coefficient (Wildman–Crippen LogP) is 0.720. The third-order valence-corrected chi connectivity index (χ3v) is 2.86. The number of aliphatic hydroxyl groups is 1. The molecule has 0 amide bonds. The van der Waals surface area contributed by atoms with E-state index in [9.17, 15) is 0 Å². The van der Waals surface area contributed by atoms with Crippen molar-refractivity contribution in [2.45, 2.75) is 9.52 Å². The molecular weight excluding hydrogens is 180 g/mol. The predicted molar refractivity (Wildman–Crippen MR) is 49.5 cm³/mol. The van der Waals surface area contributed by atoms with Gasteiger partial charge >= 0.3 is 0 Å². The van der Waals surface area contributed by atoms with Crippen LogP contribution in [0.2, 0.25) is 0 Å². The molecule has 0 saturated heterocycles. The van der Waals surface area contributed by atoms with Gasteiger partial charge in [-0.2, -0.15) is 25.3 Å². The molecular formula is C3H8OS4. The summed E-state index contributed by atoms with van der Waals surface area (Å²) in [7, 11) is 0. The first-order chi connectivity index (χ1) is 3.48. The Labute approximate surface area is 70.9 Å². The molecule has 0 spiro atoms. The first-order valence-corrected chi connectivity index (χ1v) is 3.99. The Kier molecular flexibility index (Phi) is 4.11. The molecule has 0 aliphatic rings. The van der Waals surface area contributed by atoms with Crippen molar-refractivity contribution in [3.05, 3.63) is 0 Å². The lowest BCUT2D eigenvalue weighted by atomic mass is 10.5. The van der Waals surface area contributed by atoms with E-state index >= 15 is 0 Å². The Hall–Kier alpha value is 1.36. The summed E-state index contributed by atoms with van der Waals surface area (Å²) in [4.78, 5) is 0. The standard InChI is InChI=1S/C3H8OS4/c4-3(7,8)2(6)1-5/h2,4-8H,1H2. The van der Waals surface area contributed by atoms with Gasteiger partial charge in [-0.15, -0.1) is 25.3 Å². The van der Waals surface area contributed by atoms with Gasteiger partial charge < -0.3 is 5.11 Å². The Morgan fingerprint density at radius 1 is 1.50 bits per heavy atom. The third kappa shape index (κ3) is 3.40. The van der Waals surface area contributed by atoms with Gasteiger partial charge in [0.15, 0.2) is 4.27 Å². The van der Waals surface area contributed by atoms with E-state index in [1.807, 2.05) is 0 Å². The molecule has 0 heterocycles. The summed E-state index contributed by atoms with van der Waals surface area (Å²) in [5, 5.41) is 8.58. The van der Waals surface area contributed by atoms with Gasteiger partial charge in [0, 0.05) is 5.75 Å². The topological polar surface area (TPSA) is 20.2 Å². The van der Waals surface area contributed by atoms with Crippen LogP contribution < -0.4 is 0 Å². The quantitative estimate of drug-likeness (QED) is 0.319. The highest BCUT2D eigenvalue weighted by atomic mass is 32.2. The average molecular weight is 188 g/mol. The molecule has 0 rings (SSSR count). The van der Waals surface area contributed by atoms with Crippen molar-refractivity contribution in [1.82, 2.24) is 0 Å². The molecule has 5 heteroatoms. The van der Waals surface area contributed by atoms with Crippen LogP contribution in [-0.4, -0.2) is 20.4 Å². The van der Waals surface area contributed by atoms with Gasteiger partial charge in [-0.3, -0.25) is 0 Å². The summed E-state index contributed by atoms with van der Waals surface area (Å²) in [5.74, 6) is 0.451. The summed E-state index contributed by atoms with van der Waals surface area (Å²) in [6.45, 7) is 0. The van der Waals surface area contributed by atoms with Crippen LogP contribution in [0.1, 0.15) is 0 Å². The highest BCUT2D eigenvalue weighted by Crippen LogP contribution is 2.24. The van der Waals surface area contributed by atoms with Gasteiger partial charge in [0.1, 0.15) is 0 Å². The minimum absolute atomic E-state index is 0.308. The van der Waals surface area contributed by atoms with E-state index < -0.39 is 4.27 Å². The molecule has 1 unspecified atom stereocenters. The first-order valence-electron chi connectivity index (χ1n) is 1.94. The first kappa shape index (κ1) is 9.36. The lowest BCUT2D eigenvalue weighted by molar-refractivity contribution is 0.238. The minimum atomic E-state index is -1.31.